The Morgan fingerprint density at radius 3 is 2.90 bits per heavy atom. The van der Waals surface area contributed by atoms with E-state index in [1.807, 2.05) is 0 Å². The van der Waals surface area contributed by atoms with Crippen LogP contribution in [0, 0.1) is 15.5 Å². The number of rotatable bonds is 2. The highest BCUT2D eigenvalue weighted by Gasteiger charge is 1.98. The van der Waals surface area contributed by atoms with Gasteiger partial charge in [0.05, 0.1) is 0 Å². The second kappa shape index (κ2) is 4.18. The fraction of sp³-hybridized carbons (Fsp3) is 0.500. The van der Waals surface area contributed by atoms with Gasteiger partial charge in [0.15, 0.2) is 5.03 Å². The highest BCUT2D eigenvalue weighted by atomic mass is 16.7. The second-order valence-electron chi connectivity index (χ2n) is 1.08. The van der Waals surface area contributed by atoms with E-state index < -0.39 is 11.0 Å². The summed E-state index contributed by atoms with van der Waals surface area (Å²) in [4.78, 5) is 13.6. The zero-order valence-corrected chi connectivity index (χ0v) is 5.07. The van der Waals surface area contributed by atoms with Crippen LogP contribution in [0.25, 0.3) is 0 Å². The molecule has 0 bridgehead atoms. The van der Waals surface area contributed by atoms with Gasteiger partial charge >= 0.3 is 0 Å². The predicted molar refractivity (Wildman–Crippen MR) is 29.7 cm³/mol. The monoisotopic (exact) mass is 147 g/mol. The first-order chi connectivity index (χ1) is 4.66. The van der Waals surface area contributed by atoms with Gasteiger partial charge in [-0.1, -0.05) is 10.5 Å². The van der Waals surface area contributed by atoms with Gasteiger partial charge in [0.1, 0.15) is 7.11 Å². The zero-order valence-electron chi connectivity index (χ0n) is 5.07. The fourth-order valence-electron chi connectivity index (χ4n) is 0.190. The maximum atomic E-state index is 9.58. The van der Waals surface area contributed by atoms with E-state index in [4.69, 9.17) is 5.41 Å². The molecule has 56 valence electrons. The van der Waals surface area contributed by atoms with Gasteiger partial charge in [-0.15, -0.1) is 0 Å². The van der Waals surface area contributed by atoms with E-state index in [-0.39, 0.29) is 0 Å². The van der Waals surface area contributed by atoms with E-state index in [9.17, 15) is 10.1 Å². The molecule has 10 heavy (non-hydrogen) atoms. The molecule has 0 aliphatic carbocycles. The molecule has 0 fully saturated rings. The van der Waals surface area contributed by atoms with Crippen LogP contribution in [0.5, 0.6) is 0 Å². The topological polar surface area (TPSA) is 113 Å². The van der Waals surface area contributed by atoms with Crippen LogP contribution in [0.15, 0.2) is 10.4 Å². The summed E-state index contributed by atoms with van der Waals surface area (Å²) in [7, 11) is 1.21. The van der Waals surface area contributed by atoms with Gasteiger partial charge in [0.2, 0.25) is 0 Å². The van der Waals surface area contributed by atoms with E-state index in [1.165, 1.54) is 12.5 Å². The Morgan fingerprint density at radius 2 is 2.50 bits per heavy atom. The van der Waals surface area contributed by atoms with Crippen molar-refractivity contribution in [3.8, 4) is 0 Å². The van der Waals surface area contributed by atoms with Crippen molar-refractivity contribution in [3.63, 3.8) is 0 Å². The Kier molecular flexibility index (Phi) is 3.46. The normalized spacial score (nSPS) is 9.30. The first-order valence-corrected chi connectivity index (χ1v) is 2.10. The lowest BCUT2D eigenvalue weighted by Crippen LogP contribution is -2.26. The fourth-order valence-corrected chi connectivity index (χ4v) is 0.190. The van der Waals surface area contributed by atoms with Gasteiger partial charge < -0.3 is 4.84 Å². The van der Waals surface area contributed by atoms with Gasteiger partial charge in [-0.3, -0.25) is 5.41 Å². The van der Waals surface area contributed by atoms with Crippen molar-refractivity contribution < 1.29 is 9.87 Å². The van der Waals surface area contributed by atoms with Gasteiger partial charge in [-0.05, 0) is 0 Å². The van der Waals surface area contributed by atoms with E-state index in [0.29, 0.717) is 0 Å². The number of hydrogen-bond acceptors (Lipinski definition) is 5. The summed E-state index contributed by atoms with van der Waals surface area (Å²) >= 11 is 0. The van der Waals surface area contributed by atoms with Crippen LogP contribution in [0.4, 0.5) is 0 Å². The quantitative estimate of drug-likeness (QED) is 0.184. The number of hydrazine groups is 1. The van der Waals surface area contributed by atoms with Crippen molar-refractivity contribution >= 4 is 5.96 Å². The van der Waals surface area contributed by atoms with Crippen molar-refractivity contribution in [1.82, 2.24) is 5.43 Å². The Hall–Kier alpha value is -1.73. The zero-order chi connectivity index (χ0) is 7.98. The Bertz CT molecular complexity index is 164. The third-order valence-corrected chi connectivity index (χ3v) is 0.420. The molecule has 0 atom stereocenters. The minimum Gasteiger partial charge on any atom is -0.383 e. The maximum absolute atomic E-state index is 9.58. The summed E-state index contributed by atoms with van der Waals surface area (Å²) in [5.41, 5.74) is 1.44. The molecule has 0 radical (unpaired) electrons. The standard InChI is InChI=1S/C2H5N5O3/c1-10-6-4-2(3)5-7(8)9/h1H3,(H2,3,5). The minimum absolute atomic E-state index is 0.688. The highest BCUT2D eigenvalue weighted by Crippen LogP contribution is 1.74. The van der Waals surface area contributed by atoms with Crippen LogP contribution >= 0.6 is 0 Å². The van der Waals surface area contributed by atoms with E-state index >= 15 is 0 Å². The van der Waals surface area contributed by atoms with Crippen molar-refractivity contribution in [2.24, 2.45) is 10.4 Å². The molecule has 8 nitrogen and oxygen atoms in total. The number of nitro groups is 1. The maximum Gasteiger partial charge on any atom is 0.299 e. The summed E-state index contributed by atoms with van der Waals surface area (Å²) in [5, 5.41) is 21.1. The molecule has 0 saturated carbocycles. The molecular formula is C2H5N5O3. The third-order valence-electron chi connectivity index (χ3n) is 0.420. The molecule has 0 aliphatic rings. The summed E-state index contributed by atoms with van der Waals surface area (Å²) in [6.45, 7) is 0. The van der Waals surface area contributed by atoms with Crippen LogP contribution in [-0.2, 0) is 4.84 Å². The van der Waals surface area contributed by atoms with Crippen molar-refractivity contribution in [1.29, 1.82) is 5.41 Å². The molecule has 2 N–H and O–H groups in total. The summed E-state index contributed by atoms with van der Waals surface area (Å²) in [6.07, 6.45) is 0. The molecule has 0 unspecified atom stereocenters. The molecule has 8 heteroatoms. The average molecular weight is 147 g/mol. The molecule has 0 spiro atoms. The second-order valence-corrected chi connectivity index (χ2v) is 1.08. The van der Waals surface area contributed by atoms with Crippen molar-refractivity contribution in [2.45, 2.75) is 0 Å². The third kappa shape index (κ3) is 4.43. The molecule has 0 heterocycles. The number of nitrogens with one attached hydrogen (secondary N) is 2. The number of nitrogens with zero attached hydrogens (tertiary/aromatic N) is 3. The van der Waals surface area contributed by atoms with E-state index in [0.717, 1.165) is 0 Å². The lowest BCUT2D eigenvalue weighted by Gasteiger charge is -1.88. The smallest absolute Gasteiger partial charge is 0.299 e. The lowest BCUT2D eigenvalue weighted by molar-refractivity contribution is -0.525. The molecule has 0 aromatic heterocycles. The molecule has 0 rings (SSSR count). The summed E-state index contributed by atoms with van der Waals surface area (Å²) in [5.74, 6) is -0.688. The first kappa shape index (κ1) is 8.27. The molecular weight excluding hydrogens is 142 g/mol. The van der Waals surface area contributed by atoms with Gasteiger partial charge in [-0.2, -0.15) is 0 Å². The first-order valence-electron chi connectivity index (χ1n) is 2.10. The Balaban J connectivity index is 3.64. The van der Waals surface area contributed by atoms with E-state index in [2.05, 4.69) is 15.2 Å². The molecule has 0 aliphatic heterocycles. The molecule has 0 saturated heterocycles. The number of guanidine groups is 1. The van der Waals surface area contributed by atoms with Crippen molar-refractivity contribution in [3.05, 3.63) is 10.1 Å². The molecule has 0 aromatic carbocycles. The Morgan fingerprint density at radius 1 is 1.90 bits per heavy atom. The average Bonchev–Trinajstić information content (AvgIpc) is 1.82. The van der Waals surface area contributed by atoms with Crippen LogP contribution in [-0.4, -0.2) is 18.1 Å². The SMILES string of the molecule is CON=NC(=N)N[N+](=O)[O-]. The minimum atomic E-state index is -0.920. The van der Waals surface area contributed by atoms with Crippen LogP contribution < -0.4 is 5.43 Å². The van der Waals surface area contributed by atoms with E-state index in [1.54, 1.807) is 0 Å². The summed E-state index contributed by atoms with van der Waals surface area (Å²) in [6, 6.07) is 0. The van der Waals surface area contributed by atoms with Crippen molar-refractivity contribution in [2.75, 3.05) is 7.11 Å². The predicted octanol–water partition coefficient (Wildman–Crippen LogP) is -0.284. The van der Waals surface area contributed by atoms with Crippen LogP contribution in [0.1, 0.15) is 0 Å². The van der Waals surface area contributed by atoms with Crippen LogP contribution in [0.2, 0.25) is 0 Å². The molecule has 0 aromatic rings. The van der Waals surface area contributed by atoms with Crippen LogP contribution in [0.3, 0.4) is 0 Å². The summed E-state index contributed by atoms with van der Waals surface area (Å²) < 4.78 is 0. The van der Waals surface area contributed by atoms with Gasteiger partial charge in [-0.25, -0.2) is 10.1 Å². The Labute approximate surface area is 55.5 Å². The molecule has 0 amide bonds. The number of hydrogen-bond donors (Lipinski definition) is 2. The van der Waals surface area contributed by atoms with Gasteiger partial charge in [0.25, 0.3) is 5.96 Å². The van der Waals surface area contributed by atoms with Gasteiger partial charge in [0, 0.05) is 5.28 Å². The largest absolute Gasteiger partial charge is 0.383 e. The highest BCUT2D eigenvalue weighted by molar-refractivity contribution is 5.75. The lowest BCUT2D eigenvalue weighted by atomic mass is 11.1.